The number of nitrogens with one attached hydrogen (secondary N) is 1. The smallest absolute Gasteiger partial charge is 0.229 e. The third-order valence-corrected chi connectivity index (χ3v) is 6.20. The molecular weight excluding hydrogens is 455 g/mol. The average Bonchev–Trinajstić information content (AvgIpc) is 3.37. The highest BCUT2D eigenvalue weighted by Gasteiger charge is 2.55. The number of aliphatic hydroxyl groups is 3. The monoisotopic (exact) mass is 480 g/mol. The topological polar surface area (TPSA) is 122 Å². The maximum atomic E-state index is 13.3. The van der Waals surface area contributed by atoms with Crippen LogP contribution in [0.3, 0.4) is 0 Å². The molecule has 1 fully saturated rings. The third-order valence-electron chi connectivity index (χ3n) is 6.20. The number of aromatic nitrogens is 3. The van der Waals surface area contributed by atoms with Crippen LogP contribution in [0.2, 0.25) is 0 Å². The highest BCUT2D eigenvalue weighted by Crippen LogP contribution is 2.41. The first kappa shape index (κ1) is 23.3. The van der Waals surface area contributed by atoms with Crippen molar-refractivity contribution in [2.45, 2.75) is 24.0 Å². The van der Waals surface area contributed by atoms with Crippen molar-refractivity contribution in [1.82, 2.24) is 14.5 Å². The number of fused-ring (bicyclic) bond motifs is 1. The van der Waals surface area contributed by atoms with Crippen LogP contribution in [0.1, 0.15) is 6.23 Å². The summed E-state index contributed by atoms with van der Waals surface area (Å²) in [5, 5.41) is 35.4. The first-order valence-corrected chi connectivity index (χ1v) is 11.0. The Morgan fingerprint density at radius 3 is 2.57 bits per heavy atom. The zero-order chi connectivity index (χ0) is 24.6. The molecule has 1 aliphatic heterocycles. The van der Waals surface area contributed by atoms with E-state index < -0.39 is 30.6 Å². The molecule has 1 aliphatic rings. The molecule has 2 aromatic carbocycles. The van der Waals surface area contributed by atoms with Gasteiger partial charge < -0.3 is 34.7 Å². The second-order valence-corrected chi connectivity index (χ2v) is 8.48. The lowest BCUT2D eigenvalue weighted by atomic mass is 9.97. The van der Waals surface area contributed by atoms with E-state index in [1.165, 1.54) is 19.2 Å². The highest BCUT2D eigenvalue weighted by molar-refractivity contribution is 5.94. The molecule has 3 heterocycles. The number of hydrogen-bond acceptors (Lipinski definition) is 8. The van der Waals surface area contributed by atoms with Crippen LogP contribution in [0.15, 0.2) is 67.0 Å². The molecular formula is C25H25FN4O5. The Morgan fingerprint density at radius 2 is 1.89 bits per heavy atom. The number of benzene rings is 2. The van der Waals surface area contributed by atoms with Crippen molar-refractivity contribution in [1.29, 1.82) is 0 Å². The van der Waals surface area contributed by atoms with Gasteiger partial charge in [0.1, 0.15) is 29.3 Å². The van der Waals surface area contributed by atoms with Crippen molar-refractivity contribution in [3.8, 4) is 11.1 Å². The molecule has 1 saturated heterocycles. The number of nitrogens with zero attached hydrogens (tertiary/aromatic N) is 3. The zero-order valence-corrected chi connectivity index (χ0v) is 18.9. The van der Waals surface area contributed by atoms with Crippen molar-refractivity contribution in [3.05, 3.63) is 72.8 Å². The maximum absolute atomic E-state index is 13.3. The Balaban J connectivity index is 1.62. The average molecular weight is 480 g/mol. The van der Waals surface area contributed by atoms with Crippen LogP contribution in [0, 0.1) is 5.82 Å². The number of rotatable bonds is 7. The Morgan fingerprint density at radius 1 is 1.14 bits per heavy atom. The van der Waals surface area contributed by atoms with Crippen LogP contribution in [0.25, 0.3) is 22.2 Å². The van der Waals surface area contributed by atoms with Gasteiger partial charge in [0.2, 0.25) is 5.95 Å². The fourth-order valence-electron chi connectivity index (χ4n) is 4.40. The fraction of sp³-hybridized carbons (Fsp3) is 0.280. The van der Waals surface area contributed by atoms with Gasteiger partial charge in [0.15, 0.2) is 6.23 Å². The standard InChI is InChI=1S/C25H25FN4O5/c1-34-14-25(13-31)21(33)20(32)23(35-25)30-12-19(15-5-3-2-4-6-15)18-11-27-24(29-22(18)30)28-17-9-7-16(26)8-10-17/h2-12,20-21,23,31-33H,13-14H2,1H3,(H,27,28,29)/t20-,21+,23-,25+/m1/s1. The van der Waals surface area contributed by atoms with Crippen molar-refractivity contribution < 1.29 is 29.2 Å². The normalized spacial score (nSPS) is 24.2. The largest absolute Gasteiger partial charge is 0.393 e. The first-order valence-electron chi connectivity index (χ1n) is 11.0. The molecule has 4 aromatic rings. The lowest BCUT2D eigenvalue weighted by Crippen LogP contribution is -2.49. The van der Waals surface area contributed by atoms with E-state index in [9.17, 15) is 19.7 Å². The van der Waals surface area contributed by atoms with E-state index in [0.29, 0.717) is 16.7 Å². The molecule has 2 aromatic heterocycles. The van der Waals surface area contributed by atoms with E-state index in [1.807, 2.05) is 30.3 Å². The van der Waals surface area contributed by atoms with Gasteiger partial charge in [-0.1, -0.05) is 30.3 Å². The molecule has 4 N–H and O–H groups in total. The maximum Gasteiger partial charge on any atom is 0.229 e. The molecule has 35 heavy (non-hydrogen) atoms. The van der Waals surface area contributed by atoms with Crippen LogP contribution in [0.5, 0.6) is 0 Å². The lowest BCUT2D eigenvalue weighted by Gasteiger charge is -2.28. The molecule has 182 valence electrons. The SMILES string of the molecule is COC[C@]1(CO)O[C@@H](n2cc(-c3ccccc3)c3cnc(Nc4ccc(F)cc4)nc32)[C@H](O)[C@@H]1O. The molecule has 0 spiro atoms. The van der Waals surface area contributed by atoms with Gasteiger partial charge in [-0.3, -0.25) is 0 Å². The summed E-state index contributed by atoms with van der Waals surface area (Å²) in [4.78, 5) is 9.06. The Labute approximate surface area is 200 Å². The minimum atomic E-state index is -1.50. The van der Waals surface area contributed by atoms with Crippen molar-refractivity contribution >= 4 is 22.7 Å². The molecule has 0 amide bonds. The minimum Gasteiger partial charge on any atom is -0.393 e. The van der Waals surface area contributed by atoms with Crippen molar-refractivity contribution in [3.63, 3.8) is 0 Å². The number of halogens is 1. The van der Waals surface area contributed by atoms with Crippen molar-refractivity contribution in [2.24, 2.45) is 0 Å². The molecule has 0 aliphatic carbocycles. The molecule has 0 saturated carbocycles. The quantitative estimate of drug-likeness (QED) is 0.319. The third kappa shape index (κ3) is 4.15. The first-order chi connectivity index (χ1) is 17.0. The van der Waals surface area contributed by atoms with Crippen LogP contribution >= 0.6 is 0 Å². The van der Waals surface area contributed by atoms with Gasteiger partial charge in [0.05, 0.1) is 13.2 Å². The van der Waals surface area contributed by atoms with Crippen molar-refractivity contribution in [2.75, 3.05) is 25.6 Å². The fourth-order valence-corrected chi connectivity index (χ4v) is 4.40. The van der Waals surface area contributed by atoms with E-state index in [4.69, 9.17) is 9.47 Å². The van der Waals surface area contributed by atoms with Gasteiger partial charge in [0, 0.05) is 36.1 Å². The summed E-state index contributed by atoms with van der Waals surface area (Å²) < 4.78 is 26.1. The zero-order valence-electron chi connectivity index (χ0n) is 18.9. The van der Waals surface area contributed by atoms with Crippen LogP contribution in [0.4, 0.5) is 16.0 Å². The molecule has 0 radical (unpaired) electrons. The summed E-state index contributed by atoms with van der Waals surface area (Å²) in [5.41, 5.74) is 1.24. The van der Waals surface area contributed by atoms with E-state index in [0.717, 1.165) is 11.1 Å². The Hall–Kier alpha value is -3.41. The molecule has 4 atom stereocenters. The van der Waals surface area contributed by atoms with Crippen LogP contribution < -0.4 is 5.32 Å². The summed E-state index contributed by atoms with van der Waals surface area (Å²) in [6, 6.07) is 15.4. The number of ether oxygens (including phenoxy) is 2. The predicted molar refractivity (Wildman–Crippen MR) is 126 cm³/mol. The van der Waals surface area contributed by atoms with Crippen LogP contribution in [-0.2, 0) is 9.47 Å². The summed E-state index contributed by atoms with van der Waals surface area (Å²) >= 11 is 0. The molecule has 10 heteroatoms. The summed E-state index contributed by atoms with van der Waals surface area (Å²) in [6.45, 7) is -0.665. The van der Waals surface area contributed by atoms with E-state index in [1.54, 1.807) is 29.1 Å². The second-order valence-electron chi connectivity index (χ2n) is 8.48. The number of anilines is 2. The van der Waals surface area contributed by atoms with Gasteiger partial charge in [0.25, 0.3) is 0 Å². The highest BCUT2D eigenvalue weighted by atomic mass is 19.1. The Bertz CT molecular complexity index is 1320. The molecule has 9 nitrogen and oxygen atoms in total. The van der Waals surface area contributed by atoms with Gasteiger partial charge in [-0.15, -0.1) is 0 Å². The predicted octanol–water partition coefficient (Wildman–Crippen LogP) is 2.61. The van der Waals surface area contributed by atoms with E-state index in [-0.39, 0.29) is 18.4 Å². The Kier molecular flexibility index (Phi) is 6.22. The van der Waals surface area contributed by atoms with E-state index in [2.05, 4.69) is 15.3 Å². The van der Waals surface area contributed by atoms with Crippen LogP contribution in [-0.4, -0.2) is 68.0 Å². The second kappa shape index (κ2) is 9.33. The van der Waals surface area contributed by atoms with E-state index >= 15 is 0 Å². The lowest BCUT2D eigenvalue weighted by molar-refractivity contribution is -0.154. The number of hydrogen-bond donors (Lipinski definition) is 4. The van der Waals surface area contributed by atoms with Gasteiger partial charge in [-0.05, 0) is 29.8 Å². The molecule has 0 unspecified atom stereocenters. The number of methoxy groups -OCH3 is 1. The number of aliphatic hydroxyl groups excluding tert-OH is 3. The summed E-state index contributed by atoms with van der Waals surface area (Å²) in [6.07, 6.45) is -0.384. The van der Waals surface area contributed by atoms with Gasteiger partial charge in [-0.25, -0.2) is 9.37 Å². The molecule has 0 bridgehead atoms. The molecule has 5 rings (SSSR count). The summed E-state index contributed by atoms with van der Waals surface area (Å²) in [7, 11) is 1.42. The van der Waals surface area contributed by atoms with Gasteiger partial charge >= 0.3 is 0 Å². The van der Waals surface area contributed by atoms with Gasteiger partial charge in [-0.2, -0.15) is 4.98 Å². The summed E-state index contributed by atoms with van der Waals surface area (Å²) in [5.74, 6) is -0.107. The minimum absolute atomic E-state index is 0.116.